The lowest BCUT2D eigenvalue weighted by atomic mass is 9.95. The number of nitrogens with two attached hydrogens (primary N) is 1. The maximum absolute atomic E-state index is 10.8. The second-order valence-electron chi connectivity index (χ2n) is 8.90. The molecule has 31 heavy (non-hydrogen) atoms. The van der Waals surface area contributed by atoms with E-state index in [1.54, 1.807) is 4.68 Å². The molecule has 2 aromatic heterocycles. The van der Waals surface area contributed by atoms with Crippen molar-refractivity contribution in [2.75, 3.05) is 25.9 Å². The van der Waals surface area contributed by atoms with Gasteiger partial charge in [-0.25, -0.2) is 14.6 Å². The lowest BCUT2D eigenvalue weighted by Crippen LogP contribution is -2.62. The van der Waals surface area contributed by atoms with Crippen LogP contribution in [0.15, 0.2) is 42.7 Å². The van der Waals surface area contributed by atoms with Gasteiger partial charge in [0.1, 0.15) is 29.2 Å². The van der Waals surface area contributed by atoms with Crippen molar-refractivity contribution in [1.29, 1.82) is 0 Å². The number of rotatable bonds is 5. The van der Waals surface area contributed by atoms with Crippen molar-refractivity contribution in [2.24, 2.45) is 0 Å². The summed E-state index contributed by atoms with van der Waals surface area (Å²) in [6.07, 6.45) is 4.10. The Hall–Kier alpha value is -3.23. The van der Waals surface area contributed by atoms with Crippen molar-refractivity contribution in [1.82, 2.24) is 24.6 Å². The summed E-state index contributed by atoms with van der Waals surface area (Å²) in [4.78, 5) is 10.7. The van der Waals surface area contributed by atoms with Gasteiger partial charge in [-0.15, -0.1) is 0 Å². The molecule has 8 nitrogen and oxygen atoms in total. The zero-order valence-corrected chi connectivity index (χ0v) is 17.3. The van der Waals surface area contributed by atoms with Gasteiger partial charge in [-0.1, -0.05) is 18.2 Å². The van der Waals surface area contributed by atoms with E-state index in [1.807, 2.05) is 19.2 Å². The monoisotopic (exact) mass is 416 g/mol. The van der Waals surface area contributed by atoms with Crippen LogP contribution < -0.4 is 10.5 Å². The molecule has 0 bridgehead atoms. The number of aromatic nitrogens is 4. The molecule has 6 rings (SSSR count). The highest BCUT2D eigenvalue weighted by molar-refractivity contribution is 6.00. The van der Waals surface area contributed by atoms with Crippen molar-refractivity contribution in [3.05, 3.63) is 42.7 Å². The van der Waals surface area contributed by atoms with Crippen LogP contribution in [0.5, 0.6) is 5.75 Å². The Bertz CT molecular complexity index is 1310. The molecule has 0 amide bonds. The smallest absolute Gasteiger partial charge is 0.164 e. The SMILES string of the molecule is CN1CC(O)(Cn2nc(-c3ccc4cc(OC5CC5)ccc4c3)c3c(N)ncnc32)C1. The summed E-state index contributed by atoms with van der Waals surface area (Å²) in [6.45, 7) is 1.57. The number of anilines is 1. The number of aliphatic hydroxyl groups is 1. The normalized spacial score (nSPS) is 18.4. The summed E-state index contributed by atoms with van der Waals surface area (Å²) in [5, 5.41) is 18.5. The van der Waals surface area contributed by atoms with Gasteiger partial charge in [0.25, 0.3) is 0 Å². The van der Waals surface area contributed by atoms with Gasteiger partial charge in [-0.05, 0) is 48.9 Å². The average Bonchev–Trinajstić information content (AvgIpc) is 3.46. The quantitative estimate of drug-likeness (QED) is 0.515. The standard InChI is InChI=1S/C23H24N6O2/c1-28-10-23(30,11-28)12-29-22-19(21(24)25-13-26-22)20(27-29)16-3-2-15-9-18(31-17-6-7-17)5-4-14(15)8-16/h2-5,8-9,13,17,30H,6-7,10-12H2,1H3,(H2,24,25,26). The van der Waals surface area contributed by atoms with E-state index in [9.17, 15) is 5.11 Å². The fourth-order valence-corrected chi connectivity index (χ4v) is 4.50. The maximum atomic E-state index is 10.8. The fraction of sp³-hybridized carbons (Fsp3) is 0.348. The van der Waals surface area contributed by atoms with Gasteiger partial charge in [0.2, 0.25) is 0 Å². The fourth-order valence-electron chi connectivity index (χ4n) is 4.50. The molecule has 3 N–H and O–H groups in total. The molecule has 2 aromatic carbocycles. The number of nitrogen functional groups attached to an aromatic ring is 1. The van der Waals surface area contributed by atoms with E-state index in [-0.39, 0.29) is 0 Å². The van der Waals surface area contributed by atoms with Crippen LogP contribution in [0.3, 0.4) is 0 Å². The minimum absolute atomic E-state index is 0.361. The Balaban J connectivity index is 1.42. The van der Waals surface area contributed by atoms with E-state index in [0.29, 0.717) is 42.6 Å². The van der Waals surface area contributed by atoms with Crippen LogP contribution >= 0.6 is 0 Å². The third kappa shape index (κ3) is 3.28. The Kier molecular flexibility index (Phi) is 3.97. The first-order chi connectivity index (χ1) is 15.0. The van der Waals surface area contributed by atoms with E-state index in [2.05, 4.69) is 39.1 Å². The summed E-state index contributed by atoms with van der Waals surface area (Å²) in [5.74, 6) is 1.30. The van der Waals surface area contributed by atoms with Crippen molar-refractivity contribution in [3.63, 3.8) is 0 Å². The highest BCUT2D eigenvalue weighted by Gasteiger charge is 2.40. The number of likely N-dealkylation sites (N-methyl/N-ethyl adjacent to an activating group) is 1. The summed E-state index contributed by atoms with van der Waals surface area (Å²) in [6, 6.07) is 12.4. The molecule has 8 heteroatoms. The predicted molar refractivity (Wildman–Crippen MR) is 119 cm³/mol. The number of fused-ring (bicyclic) bond motifs is 2. The minimum atomic E-state index is -0.813. The lowest BCUT2D eigenvalue weighted by molar-refractivity contribution is -0.0977. The first kappa shape index (κ1) is 18.5. The predicted octanol–water partition coefficient (Wildman–Crippen LogP) is 2.45. The molecule has 1 saturated carbocycles. The van der Waals surface area contributed by atoms with E-state index in [0.717, 1.165) is 40.6 Å². The largest absolute Gasteiger partial charge is 0.490 e. The molecule has 2 aliphatic rings. The van der Waals surface area contributed by atoms with E-state index < -0.39 is 5.60 Å². The van der Waals surface area contributed by atoms with Crippen LogP contribution in [0.25, 0.3) is 33.1 Å². The second kappa shape index (κ2) is 6.63. The Morgan fingerprint density at radius 1 is 1.13 bits per heavy atom. The van der Waals surface area contributed by atoms with Gasteiger partial charge in [0.15, 0.2) is 5.65 Å². The molecule has 0 unspecified atom stereocenters. The average molecular weight is 416 g/mol. The molecule has 0 radical (unpaired) electrons. The third-order valence-corrected chi connectivity index (χ3v) is 6.04. The van der Waals surface area contributed by atoms with Crippen LogP contribution in [-0.4, -0.2) is 61.6 Å². The highest BCUT2D eigenvalue weighted by atomic mass is 16.5. The minimum Gasteiger partial charge on any atom is -0.490 e. The van der Waals surface area contributed by atoms with Crippen molar-refractivity contribution in [3.8, 4) is 17.0 Å². The zero-order chi connectivity index (χ0) is 21.2. The molecule has 3 heterocycles. The molecule has 0 atom stereocenters. The van der Waals surface area contributed by atoms with Crippen LogP contribution in [0, 0.1) is 0 Å². The zero-order valence-electron chi connectivity index (χ0n) is 17.3. The number of nitrogens with zero attached hydrogens (tertiary/aromatic N) is 5. The number of hydrogen-bond acceptors (Lipinski definition) is 7. The molecule has 1 aliphatic carbocycles. The number of hydrogen-bond donors (Lipinski definition) is 2. The molecule has 4 aromatic rings. The first-order valence-corrected chi connectivity index (χ1v) is 10.6. The molecule has 2 fully saturated rings. The first-order valence-electron chi connectivity index (χ1n) is 10.6. The Morgan fingerprint density at radius 3 is 2.68 bits per heavy atom. The van der Waals surface area contributed by atoms with Crippen molar-refractivity contribution >= 4 is 27.6 Å². The van der Waals surface area contributed by atoms with Gasteiger partial charge in [0, 0.05) is 18.7 Å². The van der Waals surface area contributed by atoms with Crippen molar-refractivity contribution in [2.45, 2.75) is 31.1 Å². The van der Waals surface area contributed by atoms with Crippen LogP contribution in [0.1, 0.15) is 12.8 Å². The van der Waals surface area contributed by atoms with Gasteiger partial charge >= 0.3 is 0 Å². The topological polar surface area (TPSA) is 102 Å². The number of ether oxygens (including phenoxy) is 1. The van der Waals surface area contributed by atoms with Gasteiger partial charge in [0.05, 0.1) is 18.0 Å². The molecule has 1 saturated heterocycles. The number of benzene rings is 2. The molecule has 0 spiro atoms. The molecule has 1 aliphatic heterocycles. The molecular formula is C23H24N6O2. The summed E-state index contributed by atoms with van der Waals surface area (Å²) >= 11 is 0. The summed E-state index contributed by atoms with van der Waals surface area (Å²) in [5.41, 5.74) is 7.72. The molecule has 158 valence electrons. The van der Waals surface area contributed by atoms with Crippen LogP contribution in [-0.2, 0) is 6.54 Å². The highest BCUT2D eigenvalue weighted by Crippen LogP contribution is 2.34. The van der Waals surface area contributed by atoms with Gasteiger partial charge < -0.3 is 20.5 Å². The van der Waals surface area contributed by atoms with E-state index in [4.69, 9.17) is 15.6 Å². The summed E-state index contributed by atoms with van der Waals surface area (Å²) in [7, 11) is 1.98. The Morgan fingerprint density at radius 2 is 1.90 bits per heavy atom. The van der Waals surface area contributed by atoms with Crippen LogP contribution in [0.2, 0.25) is 0 Å². The maximum Gasteiger partial charge on any atom is 0.164 e. The number of β-amino-alcohol motifs (C(OH)–C–C–N with tert-alkyl or cyclic N) is 1. The van der Waals surface area contributed by atoms with Crippen LogP contribution in [0.4, 0.5) is 5.82 Å². The van der Waals surface area contributed by atoms with Crippen molar-refractivity contribution < 1.29 is 9.84 Å². The second-order valence-corrected chi connectivity index (χ2v) is 8.90. The van der Waals surface area contributed by atoms with E-state index in [1.165, 1.54) is 6.33 Å². The lowest BCUT2D eigenvalue weighted by Gasteiger charge is -2.44. The third-order valence-electron chi connectivity index (χ3n) is 6.04. The van der Waals surface area contributed by atoms with Gasteiger partial charge in [-0.2, -0.15) is 5.10 Å². The van der Waals surface area contributed by atoms with Gasteiger partial charge in [-0.3, -0.25) is 0 Å². The number of likely N-dealkylation sites (tertiary alicyclic amines) is 1. The molecular weight excluding hydrogens is 392 g/mol. The van der Waals surface area contributed by atoms with E-state index >= 15 is 0 Å². The summed E-state index contributed by atoms with van der Waals surface area (Å²) < 4.78 is 7.68. The Labute approximate surface area is 179 Å².